The number of hydrogen-bond donors (Lipinski definition) is 0. The van der Waals surface area contributed by atoms with E-state index in [0.29, 0.717) is 33.7 Å². The third kappa shape index (κ3) is 4.26. The van der Waals surface area contributed by atoms with Gasteiger partial charge in [-0.1, -0.05) is 109 Å². The average molecular weight is 660 g/mol. The number of rotatable bonds is 4. The predicted molar refractivity (Wildman–Crippen MR) is 205 cm³/mol. The summed E-state index contributed by atoms with van der Waals surface area (Å²) in [4.78, 5) is 14.3. The summed E-state index contributed by atoms with van der Waals surface area (Å²) in [7, 11) is 0. The minimum atomic E-state index is -0.490. The van der Waals surface area contributed by atoms with Gasteiger partial charge in [0.05, 0.1) is 17.9 Å². The molecule has 51 heavy (non-hydrogen) atoms. The largest absolute Gasteiger partial charge is 0.456 e. The van der Waals surface area contributed by atoms with Crippen LogP contribution in [-0.2, 0) is 0 Å². The van der Waals surface area contributed by atoms with Crippen LogP contribution in [0.4, 0.5) is 0 Å². The Morgan fingerprint density at radius 2 is 1.08 bits per heavy atom. The molecule has 0 fully saturated rings. The van der Waals surface area contributed by atoms with Crippen LogP contribution >= 0.6 is 0 Å². The van der Waals surface area contributed by atoms with Crippen molar-refractivity contribution < 1.29 is 15.7 Å². The standard InChI is InChI=1S/C45H26N4O2/c1-3-12-27(13-4-1)43-46-44(28-14-5-2-6-15-28)48-45(47-43)33-18-11-21-38-42(33)35-26-40-34(25-41(35)50-38)32-23-22-29(24-39(32)51-40)49-36-19-9-7-16-30(36)31-17-8-10-20-37(31)49/h1-26H/i1D,3D,4D,12D,13D. The first-order valence-electron chi connectivity index (χ1n) is 19.0. The highest BCUT2D eigenvalue weighted by atomic mass is 16.3. The highest BCUT2D eigenvalue weighted by Crippen LogP contribution is 2.41. The van der Waals surface area contributed by atoms with Gasteiger partial charge in [-0.3, -0.25) is 0 Å². The minimum Gasteiger partial charge on any atom is -0.456 e. The second-order valence-electron chi connectivity index (χ2n) is 12.4. The van der Waals surface area contributed by atoms with E-state index in [1.165, 1.54) is 10.8 Å². The lowest BCUT2D eigenvalue weighted by molar-refractivity contribution is 0.664. The summed E-state index contributed by atoms with van der Waals surface area (Å²) in [6.45, 7) is 0. The zero-order valence-corrected chi connectivity index (χ0v) is 26.7. The molecule has 0 N–H and O–H groups in total. The molecule has 7 aromatic carbocycles. The molecule has 0 bridgehead atoms. The molecule has 4 aromatic heterocycles. The van der Waals surface area contributed by atoms with Crippen molar-refractivity contribution in [3.05, 3.63) is 158 Å². The molecule has 0 aliphatic carbocycles. The van der Waals surface area contributed by atoms with Crippen LogP contribution in [0.15, 0.2) is 166 Å². The van der Waals surface area contributed by atoms with Crippen molar-refractivity contribution in [1.82, 2.24) is 19.5 Å². The molecule has 0 amide bonds. The van der Waals surface area contributed by atoms with Gasteiger partial charge in [-0.05, 0) is 42.5 Å². The van der Waals surface area contributed by atoms with E-state index in [1.54, 1.807) is 0 Å². The summed E-state index contributed by atoms with van der Waals surface area (Å²) in [5, 5.41) is 5.77. The lowest BCUT2D eigenvalue weighted by atomic mass is 10.0. The second-order valence-corrected chi connectivity index (χ2v) is 12.4. The Kier molecular flexibility index (Phi) is 4.91. The normalized spacial score (nSPS) is 13.3. The fourth-order valence-electron chi connectivity index (χ4n) is 7.30. The van der Waals surface area contributed by atoms with E-state index in [-0.39, 0.29) is 17.2 Å². The van der Waals surface area contributed by atoms with Crippen LogP contribution in [0.3, 0.4) is 0 Å². The van der Waals surface area contributed by atoms with Crippen molar-refractivity contribution in [2.45, 2.75) is 0 Å². The van der Waals surface area contributed by atoms with Crippen LogP contribution < -0.4 is 0 Å². The molecule has 0 radical (unpaired) electrons. The van der Waals surface area contributed by atoms with Crippen LogP contribution in [0.5, 0.6) is 0 Å². The van der Waals surface area contributed by atoms with E-state index in [4.69, 9.17) is 25.7 Å². The number of fused-ring (bicyclic) bond motifs is 9. The van der Waals surface area contributed by atoms with Gasteiger partial charge >= 0.3 is 0 Å². The summed E-state index contributed by atoms with van der Waals surface area (Å²) in [5.41, 5.74) is 7.10. The number of aromatic nitrogens is 4. The summed E-state index contributed by atoms with van der Waals surface area (Å²) < 4.78 is 57.5. The molecule has 0 spiro atoms. The maximum atomic E-state index is 8.69. The maximum Gasteiger partial charge on any atom is 0.164 e. The van der Waals surface area contributed by atoms with E-state index in [2.05, 4.69) is 76.3 Å². The molecule has 6 nitrogen and oxygen atoms in total. The summed E-state index contributed by atoms with van der Waals surface area (Å²) in [5.74, 6) is 0.518. The maximum absolute atomic E-state index is 8.69. The molecular weight excluding hydrogens is 629 g/mol. The molecule has 0 aliphatic rings. The van der Waals surface area contributed by atoms with Gasteiger partial charge in [-0.2, -0.15) is 0 Å². The Morgan fingerprint density at radius 1 is 0.451 bits per heavy atom. The molecule has 0 saturated heterocycles. The van der Waals surface area contributed by atoms with Crippen LogP contribution in [0.25, 0.3) is 106 Å². The van der Waals surface area contributed by atoms with Gasteiger partial charge in [-0.15, -0.1) is 0 Å². The molecule has 4 heterocycles. The highest BCUT2D eigenvalue weighted by Gasteiger charge is 2.20. The Balaban J connectivity index is 1.12. The monoisotopic (exact) mass is 659 g/mol. The minimum absolute atomic E-state index is 0.0330. The van der Waals surface area contributed by atoms with Crippen molar-refractivity contribution in [2.75, 3.05) is 0 Å². The van der Waals surface area contributed by atoms with Crippen LogP contribution in [0.1, 0.15) is 6.85 Å². The molecule has 0 saturated carbocycles. The number of nitrogens with zero attached hydrogens (tertiary/aromatic N) is 4. The summed E-state index contributed by atoms with van der Waals surface area (Å²) >= 11 is 0. The Morgan fingerprint density at radius 3 is 1.86 bits per heavy atom. The fourth-order valence-corrected chi connectivity index (χ4v) is 7.30. The van der Waals surface area contributed by atoms with E-state index >= 15 is 0 Å². The number of benzene rings is 7. The van der Waals surface area contributed by atoms with E-state index < -0.39 is 30.2 Å². The molecule has 0 unspecified atom stereocenters. The topological polar surface area (TPSA) is 69.9 Å². The van der Waals surface area contributed by atoms with Crippen molar-refractivity contribution in [2.24, 2.45) is 0 Å². The van der Waals surface area contributed by atoms with Crippen LogP contribution in [0.2, 0.25) is 0 Å². The number of para-hydroxylation sites is 2. The zero-order valence-electron chi connectivity index (χ0n) is 31.7. The molecule has 238 valence electrons. The molecule has 0 atom stereocenters. The van der Waals surface area contributed by atoms with Crippen LogP contribution in [0, 0.1) is 0 Å². The van der Waals surface area contributed by atoms with E-state index in [1.807, 2.05) is 60.7 Å². The Hall–Kier alpha value is -7.05. The lowest BCUT2D eigenvalue weighted by Gasteiger charge is -2.09. The van der Waals surface area contributed by atoms with Gasteiger partial charge in [0.25, 0.3) is 0 Å². The third-order valence-electron chi connectivity index (χ3n) is 9.54. The first-order chi connectivity index (χ1) is 27.3. The molecule has 11 rings (SSSR count). The quantitative estimate of drug-likeness (QED) is 0.188. The average Bonchev–Trinajstić information content (AvgIpc) is 3.90. The first kappa shape index (κ1) is 23.3. The number of hydrogen-bond acceptors (Lipinski definition) is 5. The van der Waals surface area contributed by atoms with Crippen molar-refractivity contribution in [3.63, 3.8) is 0 Å². The van der Waals surface area contributed by atoms with E-state index in [0.717, 1.165) is 43.8 Å². The molecular formula is C45H26N4O2. The van der Waals surface area contributed by atoms with Gasteiger partial charge < -0.3 is 13.4 Å². The van der Waals surface area contributed by atoms with Crippen molar-refractivity contribution in [3.8, 4) is 39.9 Å². The predicted octanol–water partition coefficient (Wildman–Crippen LogP) is 11.8. The van der Waals surface area contributed by atoms with Crippen molar-refractivity contribution in [1.29, 1.82) is 0 Å². The summed E-state index contributed by atoms with van der Waals surface area (Å²) in [6.07, 6.45) is 0. The van der Waals surface area contributed by atoms with Gasteiger partial charge in [0, 0.05) is 60.8 Å². The van der Waals surface area contributed by atoms with Gasteiger partial charge in [0.1, 0.15) is 22.3 Å². The molecule has 6 heteroatoms. The van der Waals surface area contributed by atoms with Crippen molar-refractivity contribution >= 4 is 65.7 Å². The SMILES string of the molecule is [2H]c1c([2H])c([2H])c(-c2nc(-c3ccccc3)nc(-c3cccc4oc5cc6c(cc5c34)oc3cc(-n4c5ccccc5c5ccccc54)ccc36)n2)c([2H])c1[2H]. The highest BCUT2D eigenvalue weighted by molar-refractivity contribution is 6.18. The molecule has 11 aromatic rings. The van der Waals surface area contributed by atoms with Gasteiger partial charge in [0.15, 0.2) is 17.5 Å². The third-order valence-corrected chi connectivity index (χ3v) is 9.54. The van der Waals surface area contributed by atoms with E-state index in [9.17, 15) is 0 Å². The van der Waals surface area contributed by atoms with Gasteiger partial charge in [-0.25, -0.2) is 15.0 Å². The summed E-state index contributed by atoms with van der Waals surface area (Å²) in [6, 6.07) is 39.8. The smallest absolute Gasteiger partial charge is 0.164 e. The zero-order chi connectivity index (χ0) is 37.8. The lowest BCUT2D eigenvalue weighted by Crippen LogP contribution is -2.00. The van der Waals surface area contributed by atoms with Gasteiger partial charge in [0.2, 0.25) is 0 Å². The van der Waals surface area contributed by atoms with Crippen LogP contribution in [-0.4, -0.2) is 19.5 Å². The Labute approximate surface area is 297 Å². The fraction of sp³-hybridized carbons (Fsp3) is 0. The Bertz CT molecular complexity index is 3360. The second kappa shape index (κ2) is 10.7. The molecule has 0 aliphatic heterocycles. The number of furan rings is 2. The first-order valence-corrected chi connectivity index (χ1v) is 16.5.